The maximum absolute atomic E-state index is 12.4. The van der Waals surface area contributed by atoms with Crippen LogP contribution in [0, 0.1) is 11.3 Å². The molecule has 0 saturated carbocycles. The second-order valence-electron chi connectivity index (χ2n) is 6.91. The van der Waals surface area contributed by atoms with Crippen molar-refractivity contribution in [3.63, 3.8) is 0 Å². The van der Waals surface area contributed by atoms with Crippen LogP contribution in [0.2, 0.25) is 0 Å². The molecule has 0 bridgehead atoms. The summed E-state index contributed by atoms with van der Waals surface area (Å²) in [6.07, 6.45) is 2.91. The Morgan fingerprint density at radius 3 is 2.57 bits per heavy atom. The van der Waals surface area contributed by atoms with Gasteiger partial charge >= 0.3 is 5.97 Å². The molecule has 8 nitrogen and oxygen atoms in total. The Morgan fingerprint density at radius 2 is 1.89 bits per heavy atom. The minimum absolute atomic E-state index is 0.0998. The number of nitrogens with zero attached hydrogens (tertiary/aromatic N) is 1. The number of amides is 1. The zero-order valence-electron chi connectivity index (χ0n) is 18.5. The monoisotopic (exact) mass is 602 g/mol. The van der Waals surface area contributed by atoms with Crippen LogP contribution in [0.25, 0.3) is 6.08 Å². The van der Waals surface area contributed by atoms with Crippen LogP contribution in [0.4, 0.5) is 0 Å². The molecule has 0 fully saturated rings. The number of furan rings is 1. The smallest absolute Gasteiger partial charge is 0.349 e. The van der Waals surface area contributed by atoms with Gasteiger partial charge in [0.05, 0.1) is 23.9 Å². The molecular weight excluding hydrogens is 584 g/mol. The van der Waals surface area contributed by atoms with Crippen molar-refractivity contribution < 1.29 is 28.2 Å². The maximum Gasteiger partial charge on any atom is 0.349 e. The molecular formula is C25H20Br2N2O6. The lowest BCUT2D eigenvalue weighted by Gasteiger charge is -2.12. The van der Waals surface area contributed by atoms with E-state index in [1.165, 1.54) is 18.4 Å². The summed E-state index contributed by atoms with van der Waals surface area (Å²) in [5.74, 6) is 0.357. The van der Waals surface area contributed by atoms with Crippen molar-refractivity contribution in [3.8, 4) is 23.3 Å². The van der Waals surface area contributed by atoms with Gasteiger partial charge in [0.2, 0.25) is 0 Å². The van der Waals surface area contributed by atoms with Gasteiger partial charge in [-0.15, -0.1) is 0 Å². The minimum atomic E-state index is -0.626. The Morgan fingerprint density at radius 1 is 1.09 bits per heavy atom. The normalized spacial score (nSPS) is 10.9. The fourth-order valence-corrected chi connectivity index (χ4v) is 4.00. The molecule has 0 atom stereocenters. The lowest BCUT2D eigenvalue weighted by molar-refractivity contribution is -0.136. The Bertz CT molecular complexity index is 1270. The molecule has 1 amide bonds. The predicted molar refractivity (Wildman–Crippen MR) is 135 cm³/mol. The lowest BCUT2D eigenvalue weighted by atomic mass is 10.1. The number of benzene rings is 2. The second kappa shape index (κ2) is 12.8. The number of hydrogen-bond donors (Lipinski definition) is 1. The molecule has 0 aliphatic rings. The van der Waals surface area contributed by atoms with E-state index in [0.29, 0.717) is 28.2 Å². The number of halogens is 2. The highest BCUT2D eigenvalue weighted by atomic mass is 79.9. The van der Waals surface area contributed by atoms with E-state index < -0.39 is 11.9 Å². The SMILES string of the molecule is CCOc1cc(/C=C(\C#N)C(=O)NCc2ccco2)ccc1OC(=O)COc1ccc(Br)cc1Br. The Labute approximate surface area is 218 Å². The number of hydrogen-bond acceptors (Lipinski definition) is 7. The van der Waals surface area contributed by atoms with Crippen molar-refractivity contribution in [2.24, 2.45) is 0 Å². The van der Waals surface area contributed by atoms with Gasteiger partial charge in [0.15, 0.2) is 18.1 Å². The van der Waals surface area contributed by atoms with Gasteiger partial charge in [-0.3, -0.25) is 4.79 Å². The van der Waals surface area contributed by atoms with Gasteiger partial charge in [-0.05, 0) is 77.0 Å². The Balaban J connectivity index is 1.68. The summed E-state index contributed by atoms with van der Waals surface area (Å²) >= 11 is 6.72. The summed E-state index contributed by atoms with van der Waals surface area (Å²) in [6, 6.07) is 15.3. The van der Waals surface area contributed by atoms with E-state index >= 15 is 0 Å². The van der Waals surface area contributed by atoms with E-state index in [0.717, 1.165) is 4.47 Å². The third-order valence-electron chi connectivity index (χ3n) is 4.41. The summed E-state index contributed by atoms with van der Waals surface area (Å²) < 4.78 is 23.2. The highest BCUT2D eigenvalue weighted by molar-refractivity contribution is 9.11. The molecule has 0 saturated heterocycles. The minimum Gasteiger partial charge on any atom is -0.490 e. The van der Waals surface area contributed by atoms with Gasteiger partial charge in [0, 0.05) is 4.47 Å². The van der Waals surface area contributed by atoms with Gasteiger partial charge in [-0.2, -0.15) is 5.26 Å². The van der Waals surface area contributed by atoms with Crippen LogP contribution < -0.4 is 19.5 Å². The van der Waals surface area contributed by atoms with E-state index in [-0.39, 0.29) is 30.2 Å². The van der Waals surface area contributed by atoms with Gasteiger partial charge in [-0.25, -0.2) is 4.79 Å². The molecule has 0 unspecified atom stereocenters. The largest absolute Gasteiger partial charge is 0.490 e. The summed E-state index contributed by atoms with van der Waals surface area (Å²) in [4.78, 5) is 24.7. The van der Waals surface area contributed by atoms with E-state index in [1.54, 1.807) is 49.4 Å². The first-order valence-electron chi connectivity index (χ1n) is 10.4. The van der Waals surface area contributed by atoms with Crippen molar-refractivity contribution in [1.82, 2.24) is 5.32 Å². The highest BCUT2D eigenvalue weighted by Gasteiger charge is 2.15. The van der Waals surface area contributed by atoms with Crippen molar-refractivity contribution in [3.05, 3.63) is 80.6 Å². The van der Waals surface area contributed by atoms with Crippen LogP contribution in [-0.4, -0.2) is 25.1 Å². The standard InChI is InChI=1S/C25H20Br2N2O6/c1-2-32-23-11-16(10-17(13-28)25(31)29-14-19-4-3-9-33-19)5-7-22(23)35-24(30)15-34-21-8-6-18(26)12-20(21)27/h3-12H,2,14-15H2,1H3,(H,29,31)/b17-10+. The molecule has 0 spiro atoms. The lowest BCUT2D eigenvalue weighted by Crippen LogP contribution is -2.23. The molecule has 2 aromatic carbocycles. The number of nitrogens with one attached hydrogen (secondary N) is 1. The topological polar surface area (TPSA) is 111 Å². The molecule has 3 aromatic rings. The van der Waals surface area contributed by atoms with Crippen LogP contribution in [0.1, 0.15) is 18.2 Å². The van der Waals surface area contributed by atoms with Crippen LogP contribution in [0.15, 0.2) is 73.7 Å². The number of carbonyl (C=O) groups is 2. The quantitative estimate of drug-likeness (QED) is 0.143. The van der Waals surface area contributed by atoms with Gasteiger partial charge < -0.3 is 23.9 Å². The average Bonchev–Trinajstić information content (AvgIpc) is 3.36. The van der Waals surface area contributed by atoms with E-state index in [4.69, 9.17) is 18.6 Å². The number of carbonyl (C=O) groups excluding carboxylic acids is 2. The first-order chi connectivity index (χ1) is 16.9. The van der Waals surface area contributed by atoms with Crippen LogP contribution in [0.5, 0.6) is 17.2 Å². The fourth-order valence-electron chi connectivity index (χ4n) is 2.84. The molecule has 0 radical (unpaired) electrons. The third-order valence-corrected chi connectivity index (χ3v) is 5.52. The van der Waals surface area contributed by atoms with E-state index in [9.17, 15) is 14.9 Å². The molecule has 0 aliphatic carbocycles. The zero-order valence-corrected chi connectivity index (χ0v) is 21.7. The first-order valence-corrected chi connectivity index (χ1v) is 12.0. The van der Waals surface area contributed by atoms with Gasteiger partial charge in [-0.1, -0.05) is 22.0 Å². The number of nitriles is 1. The van der Waals surface area contributed by atoms with E-state index in [1.807, 2.05) is 6.07 Å². The molecule has 1 aromatic heterocycles. The van der Waals surface area contributed by atoms with Crippen molar-refractivity contribution >= 4 is 49.8 Å². The molecule has 1 N–H and O–H groups in total. The third kappa shape index (κ3) is 7.73. The molecule has 1 heterocycles. The van der Waals surface area contributed by atoms with Crippen LogP contribution in [0.3, 0.4) is 0 Å². The predicted octanol–water partition coefficient (Wildman–Crippen LogP) is 5.41. The highest BCUT2D eigenvalue weighted by Crippen LogP contribution is 2.31. The number of ether oxygens (including phenoxy) is 3. The molecule has 180 valence electrons. The fraction of sp³-hybridized carbons (Fsp3) is 0.160. The average molecular weight is 604 g/mol. The van der Waals surface area contributed by atoms with Gasteiger partial charge in [0.25, 0.3) is 5.91 Å². The zero-order chi connectivity index (χ0) is 25.2. The maximum atomic E-state index is 12.4. The van der Waals surface area contributed by atoms with Gasteiger partial charge in [0.1, 0.15) is 23.2 Å². The summed E-state index contributed by atoms with van der Waals surface area (Å²) in [5.41, 5.74) is 0.421. The van der Waals surface area contributed by atoms with Crippen molar-refractivity contribution in [2.75, 3.05) is 13.2 Å². The van der Waals surface area contributed by atoms with Crippen molar-refractivity contribution in [1.29, 1.82) is 5.26 Å². The Kier molecular flexibility index (Phi) is 9.52. The first kappa shape index (κ1) is 26.1. The molecule has 3 rings (SSSR count). The number of esters is 1. The Hall–Kier alpha value is -3.55. The van der Waals surface area contributed by atoms with Crippen molar-refractivity contribution in [2.45, 2.75) is 13.5 Å². The second-order valence-corrected chi connectivity index (χ2v) is 8.68. The summed E-state index contributed by atoms with van der Waals surface area (Å²) in [5, 5.41) is 12.0. The van der Waals surface area contributed by atoms with Crippen LogP contribution in [-0.2, 0) is 16.1 Å². The van der Waals surface area contributed by atoms with E-state index in [2.05, 4.69) is 37.2 Å². The summed E-state index contributed by atoms with van der Waals surface area (Å²) in [6.45, 7) is 1.94. The molecule has 10 heteroatoms. The van der Waals surface area contributed by atoms with Crippen LogP contribution >= 0.6 is 31.9 Å². The summed E-state index contributed by atoms with van der Waals surface area (Å²) in [7, 11) is 0. The molecule has 0 aliphatic heterocycles. The number of rotatable bonds is 10. The molecule has 35 heavy (non-hydrogen) atoms.